The molecule has 0 aliphatic carbocycles. The summed E-state index contributed by atoms with van der Waals surface area (Å²) in [6.07, 6.45) is 106. The van der Waals surface area contributed by atoms with Crippen molar-refractivity contribution in [3.63, 3.8) is 0 Å². The smallest absolute Gasteiger partial charge is 0.305 e. The van der Waals surface area contributed by atoms with E-state index in [1.54, 1.807) is 0 Å². The van der Waals surface area contributed by atoms with Gasteiger partial charge >= 0.3 is 5.97 Å². The number of unbranched alkanes of at least 4 members (excludes halogenated alkanes) is 70. The van der Waals surface area contributed by atoms with Gasteiger partial charge in [-0.25, -0.2) is 0 Å². The van der Waals surface area contributed by atoms with Crippen molar-refractivity contribution in [3.05, 3.63) is 12.2 Å². The average molecular weight is 1310 g/mol. The number of aliphatic hydroxyl groups is 2. The van der Waals surface area contributed by atoms with E-state index in [1.807, 2.05) is 0 Å². The molecular weight excluding hydrogens is 1140 g/mol. The molecule has 0 heterocycles. The molecule has 1 amide bonds. The number of carbonyl (C=O) groups is 2. The van der Waals surface area contributed by atoms with Crippen LogP contribution >= 0.6 is 0 Å². The Morgan fingerprint density at radius 2 is 0.505 bits per heavy atom. The van der Waals surface area contributed by atoms with Gasteiger partial charge in [-0.2, -0.15) is 0 Å². The SMILES string of the molecule is CCCCCCCCCCCCCCCCCCCCCCCCCCC(O)C(CO)NC(=O)CCCCCCCCCCCCCCCCCCC/C=C\CCCCCCCCCCCCCCCCCCCCOC(=O)CCCCCCCCCCCCCCC. The van der Waals surface area contributed by atoms with E-state index in [0.717, 1.165) is 38.5 Å². The molecule has 6 nitrogen and oxygen atoms in total. The second-order valence-corrected chi connectivity index (χ2v) is 30.2. The first-order valence-electron chi connectivity index (χ1n) is 43.4. The van der Waals surface area contributed by atoms with Crippen LogP contribution in [0.3, 0.4) is 0 Å². The maximum atomic E-state index is 12.6. The summed E-state index contributed by atoms with van der Waals surface area (Å²) in [5.41, 5.74) is 0. The number of carbonyl (C=O) groups excluding carboxylic acids is 2. The molecule has 0 aromatic carbocycles. The first-order chi connectivity index (χ1) is 46.0. The zero-order valence-electron chi connectivity index (χ0n) is 63.8. The number of hydrogen-bond acceptors (Lipinski definition) is 5. The molecule has 2 unspecified atom stereocenters. The molecule has 0 radical (unpaired) electrons. The summed E-state index contributed by atoms with van der Waals surface area (Å²) >= 11 is 0. The summed E-state index contributed by atoms with van der Waals surface area (Å²) in [5.74, 6) is 0.00140. The van der Waals surface area contributed by atoms with Gasteiger partial charge in [0.25, 0.3) is 0 Å². The number of amides is 1. The number of ether oxygens (including phenoxy) is 1. The molecule has 3 N–H and O–H groups in total. The van der Waals surface area contributed by atoms with Crippen molar-refractivity contribution in [2.75, 3.05) is 13.2 Å². The molecule has 0 aromatic heterocycles. The monoisotopic (exact) mass is 1310 g/mol. The molecule has 0 bridgehead atoms. The van der Waals surface area contributed by atoms with Crippen molar-refractivity contribution in [3.8, 4) is 0 Å². The summed E-state index contributed by atoms with van der Waals surface area (Å²) < 4.78 is 5.50. The minimum Gasteiger partial charge on any atom is -0.466 e. The molecule has 0 fully saturated rings. The summed E-state index contributed by atoms with van der Waals surface area (Å²) in [7, 11) is 0. The molecule has 0 rings (SSSR count). The Kier molecular flexibility index (Phi) is 81.8. The Bertz CT molecular complexity index is 1420. The summed E-state index contributed by atoms with van der Waals surface area (Å²) in [6.45, 7) is 5.02. The Morgan fingerprint density at radius 1 is 0.290 bits per heavy atom. The van der Waals surface area contributed by atoms with E-state index in [1.165, 1.54) is 437 Å². The van der Waals surface area contributed by atoms with Crippen molar-refractivity contribution >= 4 is 11.9 Å². The lowest BCUT2D eigenvalue weighted by atomic mass is 10.0. The standard InChI is InChI=1S/C87H171NO5/c1-3-5-7-9-11-13-15-17-18-19-20-21-22-40-43-46-49-52-56-59-63-67-71-75-79-85(90)84(83-89)88-86(91)80-76-72-68-64-60-57-53-50-47-44-41-38-36-34-32-30-28-26-24-23-25-27-29-31-33-35-37-39-42-45-48-51-54-58-62-66-70-74-78-82-93-87(92)81-77-73-69-65-61-55-16-14-12-10-8-6-4-2/h23-24,84-85,89-90H,3-22,25-83H2,1-2H3,(H,88,91)/b24-23-. The van der Waals surface area contributed by atoms with Gasteiger partial charge in [-0.1, -0.05) is 456 Å². The molecule has 6 heteroatoms. The largest absolute Gasteiger partial charge is 0.466 e. The third kappa shape index (κ3) is 79.5. The molecule has 93 heavy (non-hydrogen) atoms. The van der Waals surface area contributed by atoms with Crippen LogP contribution in [0.4, 0.5) is 0 Å². The lowest BCUT2D eigenvalue weighted by Gasteiger charge is -2.22. The predicted molar refractivity (Wildman–Crippen MR) is 412 cm³/mol. The van der Waals surface area contributed by atoms with E-state index < -0.39 is 12.1 Å². The van der Waals surface area contributed by atoms with Crippen LogP contribution in [-0.2, 0) is 14.3 Å². The highest BCUT2D eigenvalue weighted by atomic mass is 16.5. The fourth-order valence-corrected chi connectivity index (χ4v) is 14.2. The summed E-state index contributed by atoms with van der Waals surface area (Å²) in [5, 5.41) is 23.5. The minimum absolute atomic E-state index is 0.0239. The van der Waals surface area contributed by atoms with Crippen LogP contribution in [0.5, 0.6) is 0 Å². The second kappa shape index (κ2) is 83.0. The molecule has 0 saturated carbocycles. The van der Waals surface area contributed by atoms with Crippen molar-refractivity contribution in [2.45, 2.75) is 520 Å². The minimum atomic E-state index is -0.662. The van der Waals surface area contributed by atoms with Crippen LogP contribution in [0.1, 0.15) is 508 Å². The number of rotatable bonds is 83. The maximum absolute atomic E-state index is 12.6. The molecule has 0 aromatic rings. The summed E-state index contributed by atoms with van der Waals surface area (Å²) in [4.78, 5) is 24.7. The van der Waals surface area contributed by atoms with Gasteiger partial charge in [-0.05, 0) is 51.4 Å². The van der Waals surface area contributed by atoms with Crippen molar-refractivity contribution in [2.24, 2.45) is 0 Å². The molecule has 2 atom stereocenters. The molecule has 0 aliphatic heterocycles. The number of aliphatic hydroxyl groups excluding tert-OH is 2. The molecule has 0 spiro atoms. The van der Waals surface area contributed by atoms with E-state index in [2.05, 4.69) is 31.3 Å². The molecule has 0 aliphatic rings. The highest BCUT2D eigenvalue weighted by molar-refractivity contribution is 5.76. The predicted octanol–water partition coefficient (Wildman–Crippen LogP) is 29.0. The lowest BCUT2D eigenvalue weighted by molar-refractivity contribution is -0.143. The van der Waals surface area contributed by atoms with Gasteiger partial charge in [0, 0.05) is 12.8 Å². The molecule has 554 valence electrons. The molecular formula is C87H171NO5. The first-order valence-corrected chi connectivity index (χ1v) is 43.4. The lowest BCUT2D eigenvalue weighted by Crippen LogP contribution is -2.45. The van der Waals surface area contributed by atoms with Gasteiger partial charge in [0.15, 0.2) is 0 Å². The second-order valence-electron chi connectivity index (χ2n) is 30.2. The number of nitrogens with one attached hydrogen (secondary N) is 1. The van der Waals surface area contributed by atoms with Crippen LogP contribution < -0.4 is 5.32 Å². The Labute approximate surface area is 584 Å². The third-order valence-corrected chi connectivity index (χ3v) is 20.8. The van der Waals surface area contributed by atoms with E-state index in [9.17, 15) is 19.8 Å². The maximum Gasteiger partial charge on any atom is 0.305 e. The van der Waals surface area contributed by atoms with Crippen LogP contribution in [0.25, 0.3) is 0 Å². The van der Waals surface area contributed by atoms with Crippen molar-refractivity contribution in [1.29, 1.82) is 0 Å². The van der Waals surface area contributed by atoms with Gasteiger partial charge in [0.1, 0.15) is 0 Å². The van der Waals surface area contributed by atoms with Gasteiger partial charge in [-0.3, -0.25) is 9.59 Å². The zero-order valence-corrected chi connectivity index (χ0v) is 63.8. The van der Waals surface area contributed by atoms with Crippen LogP contribution in [0, 0.1) is 0 Å². The fourth-order valence-electron chi connectivity index (χ4n) is 14.2. The van der Waals surface area contributed by atoms with Crippen LogP contribution in [0.15, 0.2) is 12.2 Å². The van der Waals surface area contributed by atoms with E-state index in [0.29, 0.717) is 25.9 Å². The van der Waals surface area contributed by atoms with Crippen molar-refractivity contribution in [1.82, 2.24) is 5.32 Å². The normalized spacial score (nSPS) is 12.4. The van der Waals surface area contributed by atoms with Gasteiger partial charge in [-0.15, -0.1) is 0 Å². The van der Waals surface area contributed by atoms with E-state index >= 15 is 0 Å². The van der Waals surface area contributed by atoms with Crippen LogP contribution in [0.2, 0.25) is 0 Å². The van der Waals surface area contributed by atoms with E-state index in [4.69, 9.17) is 4.74 Å². The Hall–Kier alpha value is -1.40. The molecule has 0 saturated heterocycles. The number of hydrogen-bond donors (Lipinski definition) is 3. The van der Waals surface area contributed by atoms with Gasteiger partial charge in [0.05, 0.1) is 25.4 Å². The number of esters is 1. The van der Waals surface area contributed by atoms with Crippen LogP contribution in [-0.4, -0.2) is 47.4 Å². The number of allylic oxidation sites excluding steroid dienone is 2. The van der Waals surface area contributed by atoms with Gasteiger partial charge in [0.2, 0.25) is 5.91 Å². The topological polar surface area (TPSA) is 95.9 Å². The highest BCUT2D eigenvalue weighted by Gasteiger charge is 2.20. The highest BCUT2D eigenvalue weighted by Crippen LogP contribution is 2.21. The van der Waals surface area contributed by atoms with E-state index in [-0.39, 0.29) is 18.5 Å². The zero-order chi connectivity index (χ0) is 67.0. The van der Waals surface area contributed by atoms with Crippen molar-refractivity contribution < 1.29 is 24.5 Å². The first kappa shape index (κ1) is 91.6. The quantitative estimate of drug-likeness (QED) is 0.0320. The summed E-state index contributed by atoms with van der Waals surface area (Å²) in [6, 6.07) is -0.539. The third-order valence-electron chi connectivity index (χ3n) is 20.8. The van der Waals surface area contributed by atoms with Gasteiger partial charge < -0.3 is 20.3 Å². The fraction of sp³-hybridized carbons (Fsp3) is 0.954. The Morgan fingerprint density at radius 3 is 0.763 bits per heavy atom. The average Bonchev–Trinajstić information content (AvgIpc) is 3.65. The Balaban J connectivity index is 3.32.